The number of hydrazine groups is 1. The SMILES string of the molecule is CCOc1ccc(C2NNCC2C(=O)NCc2ccc(F)cc2Cl)cc1Cl. The summed E-state index contributed by atoms with van der Waals surface area (Å²) in [6.07, 6.45) is 0. The number of nitrogens with one attached hydrogen (secondary N) is 3. The predicted octanol–water partition coefficient (Wildman–Crippen LogP) is 3.61. The minimum Gasteiger partial charge on any atom is -0.492 e. The van der Waals surface area contributed by atoms with Crippen molar-refractivity contribution in [2.75, 3.05) is 13.2 Å². The molecular weight excluding hydrogens is 392 g/mol. The largest absolute Gasteiger partial charge is 0.492 e. The first-order valence-electron chi connectivity index (χ1n) is 8.62. The van der Waals surface area contributed by atoms with Crippen LogP contribution in [0.4, 0.5) is 4.39 Å². The Morgan fingerprint density at radius 2 is 2.07 bits per heavy atom. The normalized spacial score (nSPS) is 19.1. The van der Waals surface area contributed by atoms with E-state index in [0.29, 0.717) is 29.5 Å². The number of benzene rings is 2. The second-order valence-electron chi connectivity index (χ2n) is 6.19. The molecule has 0 aliphatic carbocycles. The quantitative estimate of drug-likeness (QED) is 0.679. The van der Waals surface area contributed by atoms with Crippen LogP contribution in [0, 0.1) is 11.7 Å². The van der Waals surface area contributed by atoms with Crippen molar-refractivity contribution in [3.05, 3.63) is 63.4 Å². The highest BCUT2D eigenvalue weighted by atomic mass is 35.5. The molecule has 0 aromatic heterocycles. The highest BCUT2D eigenvalue weighted by Crippen LogP contribution is 2.32. The van der Waals surface area contributed by atoms with Gasteiger partial charge in [-0.25, -0.2) is 9.82 Å². The van der Waals surface area contributed by atoms with Crippen molar-refractivity contribution < 1.29 is 13.9 Å². The molecule has 0 spiro atoms. The third-order valence-electron chi connectivity index (χ3n) is 4.40. The highest BCUT2D eigenvalue weighted by molar-refractivity contribution is 6.32. The van der Waals surface area contributed by atoms with E-state index in [-0.39, 0.29) is 29.4 Å². The zero-order valence-corrected chi connectivity index (χ0v) is 16.2. The first-order chi connectivity index (χ1) is 13.0. The number of halogens is 3. The molecular formula is C19H20Cl2FN3O2. The van der Waals surface area contributed by atoms with Crippen LogP contribution in [0.1, 0.15) is 24.1 Å². The minimum absolute atomic E-state index is 0.136. The zero-order chi connectivity index (χ0) is 19.4. The molecule has 3 rings (SSSR count). The van der Waals surface area contributed by atoms with Gasteiger partial charge in [0.1, 0.15) is 11.6 Å². The van der Waals surface area contributed by atoms with Gasteiger partial charge in [0.05, 0.1) is 23.6 Å². The summed E-state index contributed by atoms with van der Waals surface area (Å²) in [5, 5.41) is 3.65. The van der Waals surface area contributed by atoms with E-state index < -0.39 is 5.82 Å². The molecule has 0 saturated carbocycles. The smallest absolute Gasteiger partial charge is 0.226 e. The molecule has 2 aromatic carbocycles. The van der Waals surface area contributed by atoms with Gasteiger partial charge < -0.3 is 10.1 Å². The number of hydrogen-bond acceptors (Lipinski definition) is 4. The van der Waals surface area contributed by atoms with E-state index in [1.54, 1.807) is 18.2 Å². The molecule has 1 saturated heterocycles. The Hall–Kier alpha value is -1.86. The van der Waals surface area contributed by atoms with Gasteiger partial charge in [0, 0.05) is 18.1 Å². The van der Waals surface area contributed by atoms with Crippen molar-refractivity contribution in [2.24, 2.45) is 5.92 Å². The third kappa shape index (κ3) is 4.71. The lowest BCUT2D eigenvalue weighted by Crippen LogP contribution is -2.34. The van der Waals surface area contributed by atoms with E-state index in [9.17, 15) is 9.18 Å². The maximum absolute atomic E-state index is 13.1. The standard InChI is InChI=1S/C19H20Cl2FN3O2/c1-2-27-17-6-4-11(7-16(17)21)18-14(10-24-25-18)19(26)23-9-12-3-5-13(22)8-15(12)20/h3-8,14,18,24-25H,2,9-10H2,1H3,(H,23,26). The Morgan fingerprint density at radius 3 is 2.78 bits per heavy atom. The average molecular weight is 412 g/mol. The summed E-state index contributed by atoms with van der Waals surface area (Å²) < 4.78 is 18.6. The molecule has 2 unspecified atom stereocenters. The molecule has 1 aliphatic heterocycles. The van der Waals surface area contributed by atoms with Gasteiger partial charge in [-0.1, -0.05) is 35.3 Å². The summed E-state index contributed by atoms with van der Waals surface area (Å²) in [6, 6.07) is 9.36. The van der Waals surface area contributed by atoms with Crippen molar-refractivity contribution in [1.82, 2.24) is 16.2 Å². The van der Waals surface area contributed by atoms with E-state index in [0.717, 1.165) is 5.56 Å². The fraction of sp³-hybridized carbons (Fsp3) is 0.316. The summed E-state index contributed by atoms with van der Waals surface area (Å²) in [5.41, 5.74) is 7.67. The van der Waals surface area contributed by atoms with Gasteiger partial charge >= 0.3 is 0 Å². The Balaban J connectivity index is 1.68. The molecule has 0 radical (unpaired) electrons. The number of amides is 1. The van der Waals surface area contributed by atoms with E-state index in [1.165, 1.54) is 12.1 Å². The van der Waals surface area contributed by atoms with Crippen LogP contribution in [-0.2, 0) is 11.3 Å². The van der Waals surface area contributed by atoms with Gasteiger partial charge in [-0.3, -0.25) is 10.2 Å². The van der Waals surface area contributed by atoms with Crippen molar-refractivity contribution in [2.45, 2.75) is 19.5 Å². The van der Waals surface area contributed by atoms with Crippen LogP contribution in [0.15, 0.2) is 36.4 Å². The van der Waals surface area contributed by atoms with Gasteiger partial charge in [-0.2, -0.15) is 0 Å². The van der Waals surface area contributed by atoms with E-state index in [2.05, 4.69) is 16.2 Å². The number of ether oxygens (including phenoxy) is 1. The lowest BCUT2D eigenvalue weighted by molar-refractivity contribution is -0.125. The minimum atomic E-state index is -0.410. The Bertz CT molecular complexity index is 835. The first-order valence-corrected chi connectivity index (χ1v) is 9.37. The molecule has 8 heteroatoms. The molecule has 27 heavy (non-hydrogen) atoms. The topological polar surface area (TPSA) is 62.4 Å². The molecule has 1 aliphatic rings. The molecule has 1 heterocycles. The second-order valence-corrected chi connectivity index (χ2v) is 7.00. The Kier molecular flexibility index (Phi) is 6.55. The molecule has 2 atom stereocenters. The summed E-state index contributed by atoms with van der Waals surface area (Å²) in [7, 11) is 0. The molecule has 1 fully saturated rings. The van der Waals surface area contributed by atoms with E-state index >= 15 is 0 Å². The number of carbonyl (C=O) groups is 1. The molecule has 5 nitrogen and oxygen atoms in total. The summed E-state index contributed by atoms with van der Waals surface area (Å²) in [4.78, 5) is 12.7. The van der Waals surface area contributed by atoms with Gasteiger partial charge in [-0.05, 0) is 42.3 Å². The lowest BCUT2D eigenvalue weighted by atomic mass is 9.94. The monoisotopic (exact) mass is 411 g/mol. The maximum atomic E-state index is 13.1. The number of rotatable bonds is 6. The van der Waals surface area contributed by atoms with Crippen molar-refractivity contribution >= 4 is 29.1 Å². The number of carbonyl (C=O) groups excluding carboxylic acids is 1. The Morgan fingerprint density at radius 1 is 1.26 bits per heavy atom. The lowest BCUT2D eigenvalue weighted by Gasteiger charge is -2.19. The fourth-order valence-corrected chi connectivity index (χ4v) is 3.50. The molecule has 144 valence electrons. The van der Waals surface area contributed by atoms with Crippen LogP contribution < -0.4 is 20.9 Å². The van der Waals surface area contributed by atoms with Crippen molar-refractivity contribution in [3.63, 3.8) is 0 Å². The molecule has 1 amide bonds. The van der Waals surface area contributed by atoms with Gasteiger partial charge in [0.2, 0.25) is 5.91 Å². The van der Waals surface area contributed by atoms with Crippen LogP contribution in [0.2, 0.25) is 10.0 Å². The Labute approximate surface area is 167 Å². The predicted molar refractivity (Wildman–Crippen MR) is 103 cm³/mol. The van der Waals surface area contributed by atoms with Crippen LogP contribution in [-0.4, -0.2) is 19.1 Å². The second kappa shape index (κ2) is 8.89. The highest BCUT2D eigenvalue weighted by Gasteiger charge is 2.34. The van der Waals surface area contributed by atoms with Gasteiger partial charge in [0.25, 0.3) is 0 Å². The average Bonchev–Trinajstić information content (AvgIpc) is 3.12. The molecule has 3 N–H and O–H groups in total. The summed E-state index contributed by atoms with van der Waals surface area (Å²) >= 11 is 12.3. The molecule has 0 bridgehead atoms. The number of hydrogen-bond donors (Lipinski definition) is 3. The summed E-state index contributed by atoms with van der Waals surface area (Å²) in [6.45, 7) is 3.11. The fourth-order valence-electron chi connectivity index (χ4n) is 3.02. The van der Waals surface area contributed by atoms with Crippen LogP contribution >= 0.6 is 23.2 Å². The zero-order valence-electron chi connectivity index (χ0n) is 14.7. The van der Waals surface area contributed by atoms with Crippen molar-refractivity contribution in [1.29, 1.82) is 0 Å². The van der Waals surface area contributed by atoms with Crippen LogP contribution in [0.3, 0.4) is 0 Å². The van der Waals surface area contributed by atoms with E-state index in [4.69, 9.17) is 27.9 Å². The third-order valence-corrected chi connectivity index (χ3v) is 5.05. The van der Waals surface area contributed by atoms with Gasteiger partial charge in [0.15, 0.2) is 0 Å². The van der Waals surface area contributed by atoms with Crippen molar-refractivity contribution in [3.8, 4) is 5.75 Å². The summed E-state index contributed by atoms with van der Waals surface area (Å²) in [5.74, 6) is -0.270. The van der Waals surface area contributed by atoms with Gasteiger partial charge in [-0.15, -0.1) is 0 Å². The first kappa shape index (κ1) is 19.9. The van der Waals surface area contributed by atoms with Crippen LogP contribution in [0.25, 0.3) is 0 Å². The van der Waals surface area contributed by atoms with E-state index in [1.807, 2.05) is 13.0 Å². The maximum Gasteiger partial charge on any atom is 0.226 e. The molecule has 2 aromatic rings. The van der Waals surface area contributed by atoms with Crippen LogP contribution in [0.5, 0.6) is 5.75 Å².